The molecule has 9 heteroatoms. The predicted octanol–water partition coefficient (Wildman–Crippen LogP) is 1.75. The Kier molecular flexibility index (Phi) is 4.26. The number of aromatic hydroxyl groups is 1. The molecular weight excluding hydrogens is 386 g/mol. The smallest absolute Gasteiger partial charge is 0.290 e. The molecule has 0 bridgehead atoms. The second kappa shape index (κ2) is 6.52. The van der Waals surface area contributed by atoms with Gasteiger partial charge in [-0.2, -0.15) is 0 Å². The highest BCUT2D eigenvalue weighted by atomic mass is 32.2. The third kappa shape index (κ3) is 2.97. The van der Waals surface area contributed by atoms with Crippen LogP contribution in [0.25, 0.3) is 0 Å². The SMILES string of the molecule is O=C(C1=C(O)C(=O)N(C2CCS(=O)(=O)C2)C1c1cccc(O)c1)c1ccco1. The summed E-state index contributed by atoms with van der Waals surface area (Å²) in [6.07, 6.45) is 1.51. The molecule has 146 valence electrons. The number of phenols is 1. The second-order valence-electron chi connectivity index (χ2n) is 6.84. The lowest BCUT2D eigenvalue weighted by molar-refractivity contribution is -0.131. The Hall–Kier alpha value is -3.07. The van der Waals surface area contributed by atoms with Gasteiger partial charge in [0.15, 0.2) is 21.4 Å². The van der Waals surface area contributed by atoms with E-state index in [1.54, 1.807) is 12.1 Å². The van der Waals surface area contributed by atoms with Crippen LogP contribution in [0.15, 0.2) is 58.4 Å². The maximum atomic E-state index is 12.9. The minimum atomic E-state index is -3.32. The van der Waals surface area contributed by atoms with Gasteiger partial charge < -0.3 is 19.5 Å². The number of ketones is 1. The van der Waals surface area contributed by atoms with Crippen molar-refractivity contribution in [2.24, 2.45) is 0 Å². The first kappa shape index (κ1) is 18.3. The summed E-state index contributed by atoms with van der Waals surface area (Å²) in [5.74, 6) is -2.68. The maximum absolute atomic E-state index is 12.9. The first-order valence-electron chi connectivity index (χ1n) is 8.62. The van der Waals surface area contributed by atoms with Crippen molar-refractivity contribution in [3.05, 3.63) is 65.3 Å². The molecule has 4 rings (SSSR count). The van der Waals surface area contributed by atoms with Gasteiger partial charge in [0, 0.05) is 6.04 Å². The number of sulfone groups is 1. The number of aliphatic hydroxyl groups is 1. The summed E-state index contributed by atoms with van der Waals surface area (Å²) in [6.45, 7) is 0. The van der Waals surface area contributed by atoms with E-state index in [0.29, 0.717) is 5.56 Å². The number of Topliss-reactive ketones (excluding diaryl/α,β-unsaturated/α-hetero) is 1. The minimum absolute atomic E-state index is 0.0552. The summed E-state index contributed by atoms with van der Waals surface area (Å²) in [5, 5.41) is 20.4. The number of carbonyl (C=O) groups is 2. The van der Waals surface area contributed by atoms with Crippen molar-refractivity contribution < 1.29 is 32.6 Å². The topological polar surface area (TPSA) is 125 Å². The third-order valence-corrected chi connectivity index (χ3v) is 6.77. The minimum Gasteiger partial charge on any atom is -0.508 e. The molecule has 2 N–H and O–H groups in total. The molecule has 2 unspecified atom stereocenters. The van der Waals surface area contributed by atoms with Gasteiger partial charge in [0.2, 0.25) is 5.78 Å². The average molecular weight is 403 g/mol. The summed E-state index contributed by atoms with van der Waals surface area (Å²) < 4.78 is 29.0. The molecule has 1 fully saturated rings. The number of nitrogens with zero attached hydrogens (tertiary/aromatic N) is 1. The van der Waals surface area contributed by atoms with E-state index in [9.17, 15) is 28.2 Å². The molecular formula is C19H17NO7S. The van der Waals surface area contributed by atoms with E-state index in [1.165, 1.54) is 35.4 Å². The number of carbonyl (C=O) groups excluding carboxylic acids is 2. The quantitative estimate of drug-likeness (QED) is 0.745. The zero-order chi connectivity index (χ0) is 20.1. The third-order valence-electron chi connectivity index (χ3n) is 5.02. The van der Waals surface area contributed by atoms with Crippen LogP contribution < -0.4 is 0 Å². The summed E-state index contributed by atoms with van der Waals surface area (Å²) in [5.41, 5.74) is 0.187. The monoisotopic (exact) mass is 403 g/mol. The number of rotatable bonds is 4. The zero-order valence-electron chi connectivity index (χ0n) is 14.6. The van der Waals surface area contributed by atoms with Crippen LogP contribution in [0.2, 0.25) is 0 Å². The normalized spacial score (nSPS) is 24.1. The van der Waals surface area contributed by atoms with Crippen LogP contribution in [0.3, 0.4) is 0 Å². The van der Waals surface area contributed by atoms with Crippen LogP contribution in [-0.2, 0) is 14.6 Å². The highest BCUT2D eigenvalue weighted by molar-refractivity contribution is 7.91. The summed E-state index contributed by atoms with van der Waals surface area (Å²) >= 11 is 0. The number of phenolic OH excluding ortho intramolecular Hbond substituents is 1. The van der Waals surface area contributed by atoms with Crippen LogP contribution in [-0.4, -0.2) is 52.8 Å². The Morgan fingerprint density at radius 3 is 2.57 bits per heavy atom. The van der Waals surface area contributed by atoms with Crippen molar-refractivity contribution in [2.75, 3.05) is 11.5 Å². The molecule has 1 saturated heterocycles. The molecule has 8 nitrogen and oxygen atoms in total. The predicted molar refractivity (Wildman–Crippen MR) is 97.4 cm³/mol. The van der Waals surface area contributed by atoms with Gasteiger partial charge in [-0.15, -0.1) is 0 Å². The molecule has 0 radical (unpaired) electrons. The molecule has 0 spiro atoms. The fourth-order valence-corrected chi connectivity index (χ4v) is 5.50. The molecule has 2 aliphatic heterocycles. The molecule has 28 heavy (non-hydrogen) atoms. The summed E-state index contributed by atoms with van der Waals surface area (Å²) in [6, 6.07) is 7.15. The maximum Gasteiger partial charge on any atom is 0.290 e. The van der Waals surface area contributed by atoms with Crippen molar-refractivity contribution in [1.82, 2.24) is 4.90 Å². The molecule has 1 aromatic heterocycles. The van der Waals surface area contributed by atoms with E-state index in [-0.39, 0.29) is 35.0 Å². The fourth-order valence-electron chi connectivity index (χ4n) is 3.79. The van der Waals surface area contributed by atoms with Crippen LogP contribution >= 0.6 is 0 Å². The van der Waals surface area contributed by atoms with Gasteiger partial charge in [-0.1, -0.05) is 12.1 Å². The molecule has 0 saturated carbocycles. The zero-order valence-corrected chi connectivity index (χ0v) is 15.4. The van der Waals surface area contributed by atoms with Gasteiger partial charge in [0.05, 0.1) is 29.4 Å². The van der Waals surface area contributed by atoms with Gasteiger partial charge in [-0.25, -0.2) is 8.42 Å². The van der Waals surface area contributed by atoms with Crippen molar-refractivity contribution in [2.45, 2.75) is 18.5 Å². The van der Waals surface area contributed by atoms with E-state index in [4.69, 9.17) is 4.42 Å². The molecule has 0 aliphatic carbocycles. The van der Waals surface area contributed by atoms with E-state index in [0.717, 1.165) is 0 Å². The van der Waals surface area contributed by atoms with Gasteiger partial charge in [0.25, 0.3) is 5.91 Å². The first-order chi connectivity index (χ1) is 13.3. The Morgan fingerprint density at radius 1 is 1.18 bits per heavy atom. The number of hydrogen-bond donors (Lipinski definition) is 2. The van der Waals surface area contributed by atoms with Crippen molar-refractivity contribution >= 4 is 21.5 Å². The Labute approximate surface area is 160 Å². The average Bonchev–Trinajstić information content (AvgIpc) is 3.34. The number of hydrogen-bond acceptors (Lipinski definition) is 7. The van der Waals surface area contributed by atoms with Crippen molar-refractivity contribution in [1.29, 1.82) is 0 Å². The lowest BCUT2D eigenvalue weighted by Gasteiger charge is -2.31. The lowest BCUT2D eigenvalue weighted by atomic mass is 9.94. The highest BCUT2D eigenvalue weighted by Crippen LogP contribution is 2.42. The largest absolute Gasteiger partial charge is 0.508 e. The number of furan rings is 1. The molecule has 1 aromatic carbocycles. The van der Waals surface area contributed by atoms with Crippen molar-refractivity contribution in [3.8, 4) is 5.75 Å². The Balaban J connectivity index is 1.84. The van der Waals surface area contributed by atoms with Gasteiger partial charge in [-0.05, 0) is 36.2 Å². The van der Waals surface area contributed by atoms with Crippen LogP contribution in [0.4, 0.5) is 0 Å². The number of benzene rings is 1. The standard InChI is InChI=1S/C19H17NO7S/c21-13-4-1-3-11(9-13)16-15(17(22)14-5-2-7-27-14)18(23)19(24)20(16)12-6-8-28(25,26)10-12/h1-5,7,9,12,16,21,23H,6,8,10H2. The first-order valence-corrected chi connectivity index (χ1v) is 10.4. The number of aliphatic hydroxyl groups excluding tert-OH is 1. The molecule has 2 atom stereocenters. The summed E-state index contributed by atoms with van der Waals surface area (Å²) in [4.78, 5) is 27.0. The Bertz CT molecular complexity index is 1090. The van der Waals surface area contributed by atoms with Crippen LogP contribution in [0, 0.1) is 0 Å². The molecule has 3 heterocycles. The van der Waals surface area contributed by atoms with E-state index < -0.39 is 39.4 Å². The summed E-state index contributed by atoms with van der Waals surface area (Å²) in [7, 11) is -3.32. The van der Waals surface area contributed by atoms with E-state index in [1.807, 2.05) is 0 Å². The molecule has 2 aliphatic rings. The van der Waals surface area contributed by atoms with E-state index in [2.05, 4.69) is 0 Å². The Morgan fingerprint density at radius 2 is 1.96 bits per heavy atom. The van der Waals surface area contributed by atoms with Gasteiger partial charge in [-0.3, -0.25) is 9.59 Å². The van der Waals surface area contributed by atoms with Crippen LogP contribution in [0.1, 0.15) is 28.6 Å². The molecule has 1 amide bonds. The highest BCUT2D eigenvalue weighted by Gasteiger charge is 2.49. The van der Waals surface area contributed by atoms with Crippen LogP contribution in [0.5, 0.6) is 5.75 Å². The van der Waals surface area contributed by atoms with Gasteiger partial charge >= 0.3 is 0 Å². The number of amides is 1. The second-order valence-corrected chi connectivity index (χ2v) is 9.06. The molecule has 2 aromatic rings. The van der Waals surface area contributed by atoms with Crippen molar-refractivity contribution in [3.63, 3.8) is 0 Å². The van der Waals surface area contributed by atoms with E-state index >= 15 is 0 Å². The van der Waals surface area contributed by atoms with Gasteiger partial charge in [0.1, 0.15) is 5.75 Å². The fraction of sp³-hybridized carbons (Fsp3) is 0.263. The lowest BCUT2D eigenvalue weighted by Crippen LogP contribution is -2.41.